The molecule has 0 unspecified atom stereocenters. The number of nitrogens with zero attached hydrogens (tertiary/aromatic N) is 4. The second kappa shape index (κ2) is 6.27. The molecule has 1 aliphatic heterocycles. The SMILES string of the molecule is Cc1nn(CC(=O)NC2CCN(C3CC3)CC2)c(C)c1[N+](=O)[O-]. The number of hydrogen-bond donors (Lipinski definition) is 1. The second-order valence-electron chi connectivity index (χ2n) is 6.54. The summed E-state index contributed by atoms with van der Waals surface area (Å²) in [6, 6.07) is 0.978. The van der Waals surface area contributed by atoms with Crippen molar-refractivity contribution in [3.05, 3.63) is 21.5 Å². The number of aryl methyl sites for hydroxylation is 1. The Bertz CT molecular complexity index is 615. The number of carbonyl (C=O) groups is 1. The Morgan fingerprint density at radius 3 is 2.48 bits per heavy atom. The van der Waals surface area contributed by atoms with Gasteiger partial charge in [0.2, 0.25) is 5.91 Å². The highest BCUT2D eigenvalue weighted by Gasteiger charge is 2.32. The zero-order chi connectivity index (χ0) is 16.6. The van der Waals surface area contributed by atoms with Crippen molar-refractivity contribution < 1.29 is 9.72 Å². The highest BCUT2D eigenvalue weighted by Crippen LogP contribution is 2.29. The molecule has 1 amide bonds. The summed E-state index contributed by atoms with van der Waals surface area (Å²) in [7, 11) is 0. The molecule has 1 N–H and O–H groups in total. The number of hydrogen-bond acceptors (Lipinski definition) is 5. The number of nitro groups is 1. The molecule has 23 heavy (non-hydrogen) atoms. The van der Waals surface area contributed by atoms with Crippen LogP contribution in [-0.2, 0) is 11.3 Å². The van der Waals surface area contributed by atoms with Gasteiger partial charge in [0.1, 0.15) is 17.9 Å². The lowest BCUT2D eigenvalue weighted by atomic mass is 10.0. The molecule has 1 saturated carbocycles. The predicted octanol–water partition coefficient (Wildman–Crippen LogP) is 1.15. The molecule has 8 nitrogen and oxygen atoms in total. The summed E-state index contributed by atoms with van der Waals surface area (Å²) in [5.41, 5.74) is 0.764. The van der Waals surface area contributed by atoms with Crippen LogP contribution in [0.4, 0.5) is 5.69 Å². The molecule has 2 heterocycles. The molecule has 0 spiro atoms. The van der Waals surface area contributed by atoms with Crippen molar-refractivity contribution in [2.24, 2.45) is 0 Å². The summed E-state index contributed by atoms with van der Waals surface area (Å²) < 4.78 is 1.42. The van der Waals surface area contributed by atoms with E-state index >= 15 is 0 Å². The molecule has 2 aliphatic rings. The van der Waals surface area contributed by atoms with Crippen LogP contribution in [-0.4, -0.2) is 50.7 Å². The number of piperidine rings is 1. The first kappa shape index (κ1) is 15.9. The average molecular weight is 321 g/mol. The summed E-state index contributed by atoms with van der Waals surface area (Å²) >= 11 is 0. The number of rotatable bonds is 5. The smallest absolute Gasteiger partial charge is 0.312 e. The lowest BCUT2D eigenvalue weighted by Gasteiger charge is -2.32. The minimum atomic E-state index is -0.445. The molecule has 1 aromatic rings. The van der Waals surface area contributed by atoms with Crippen molar-refractivity contribution in [3.8, 4) is 0 Å². The Morgan fingerprint density at radius 2 is 1.96 bits per heavy atom. The van der Waals surface area contributed by atoms with E-state index < -0.39 is 4.92 Å². The summed E-state index contributed by atoms with van der Waals surface area (Å²) in [6.45, 7) is 5.33. The molecule has 0 aromatic carbocycles. The molecular weight excluding hydrogens is 298 g/mol. The Balaban J connectivity index is 1.53. The number of nitrogens with one attached hydrogen (secondary N) is 1. The second-order valence-corrected chi connectivity index (χ2v) is 6.54. The maximum Gasteiger partial charge on any atom is 0.312 e. The van der Waals surface area contributed by atoms with Crippen LogP contribution in [0.3, 0.4) is 0 Å². The number of aromatic nitrogens is 2. The third kappa shape index (κ3) is 3.52. The normalized spacial score (nSPS) is 19.7. The van der Waals surface area contributed by atoms with E-state index in [1.165, 1.54) is 17.5 Å². The van der Waals surface area contributed by atoms with Crippen molar-refractivity contribution >= 4 is 11.6 Å². The van der Waals surface area contributed by atoms with Gasteiger partial charge in [-0.25, -0.2) is 0 Å². The monoisotopic (exact) mass is 321 g/mol. The molecule has 126 valence electrons. The van der Waals surface area contributed by atoms with Crippen LogP contribution in [0.25, 0.3) is 0 Å². The first-order valence-electron chi connectivity index (χ1n) is 8.17. The van der Waals surface area contributed by atoms with Crippen molar-refractivity contribution in [3.63, 3.8) is 0 Å². The van der Waals surface area contributed by atoms with Gasteiger partial charge in [-0.2, -0.15) is 5.10 Å². The highest BCUT2D eigenvalue weighted by atomic mass is 16.6. The van der Waals surface area contributed by atoms with E-state index in [1.807, 2.05) is 0 Å². The zero-order valence-electron chi connectivity index (χ0n) is 13.6. The molecular formula is C15H23N5O3. The first-order valence-corrected chi connectivity index (χ1v) is 8.17. The first-order chi connectivity index (χ1) is 11.0. The fraction of sp³-hybridized carbons (Fsp3) is 0.733. The molecule has 1 aliphatic carbocycles. The number of carbonyl (C=O) groups excluding carboxylic acids is 1. The van der Waals surface area contributed by atoms with E-state index in [2.05, 4.69) is 15.3 Å². The molecule has 0 bridgehead atoms. The molecule has 0 radical (unpaired) electrons. The maximum atomic E-state index is 12.2. The summed E-state index contributed by atoms with van der Waals surface area (Å²) in [6.07, 6.45) is 4.57. The zero-order valence-corrected chi connectivity index (χ0v) is 13.6. The van der Waals surface area contributed by atoms with Gasteiger partial charge in [-0.15, -0.1) is 0 Å². The fourth-order valence-electron chi connectivity index (χ4n) is 3.36. The van der Waals surface area contributed by atoms with Gasteiger partial charge in [-0.1, -0.05) is 0 Å². The quantitative estimate of drug-likeness (QED) is 0.648. The Labute approximate surface area is 135 Å². The van der Waals surface area contributed by atoms with E-state index in [9.17, 15) is 14.9 Å². The van der Waals surface area contributed by atoms with Crippen LogP contribution in [0.5, 0.6) is 0 Å². The topological polar surface area (TPSA) is 93.3 Å². The van der Waals surface area contributed by atoms with E-state index in [1.54, 1.807) is 13.8 Å². The predicted molar refractivity (Wildman–Crippen MR) is 84.1 cm³/mol. The molecule has 2 fully saturated rings. The van der Waals surface area contributed by atoms with Gasteiger partial charge in [0.05, 0.1) is 4.92 Å². The van der Waals surface area contributed by atoms with Crippen molar-refractivity contribution in [2.75, 3.05) is 13.1 Å². The van der Waals surface area contributed by atoms with Crippen LogP contribution in [0.1, 0.15) is 37.1 Å². The van der Waals surface area contributed by atoms with Gasteiger partial charge < -0.3 is 10.2 Å². The van der Waals surface area contributed by atoms with Crippen LogP contribution in [0, 0.1) is 24.0 Å². The molecule has 1 aromatic heterocycles. The van der Waals surface area contributed by atoms with E-state index in [0.29, 0.717) is 11.4 Å². The minimum Gasteiger partial charge on any atom is -0.352 e. The lowest BCUT2D eigenvalue weighted by Crippen LogP contribution is -2.46. The number of likely N-dealkylation sites (tertiary alicyclic amines) is 1. The van der Waals surface area contributed by atoms with Gasteiger partial charge in [-0.3, -0.25) is 19.6 Å². The van der Waals surface area contributed by atoms with E-state index in [0.717, 1.165) is 32.0 Å². The van der Waals surface area contributed by atoms with Crippen molar-refractivity contribution in [1.29, 1.82) is 0 Å². The standard InChI is InChI=1S/C15H23N5O3/c1-10-15(20(22)23)11(2)19(17-10)9-14(21)16-12-5-7-18(8-6-12)13-3-4-13/h12-13H,3-9H2,1-2H3,(H,16,21). The Kier molecular flexibility index (Phi) is 4.34. The van der Waals surface area contributed by atoms with Crippen LogP contribution in [0.2, 0.25) is 0 Å². The highest BCUT2D eigenvalue weighted by molar-refractivity contribution is 5.76. The van der Waals surface area contributed by atoms with Crippen molar-refractivity contribution in [1.82, 2.24) is 20.0 Å². The maximum absolute atomic E-state index is 12.2. The average Bonchev–Trinajstić information content (AvgIpc) is 3.27. The van der Waals surface area contributed by atoms with E-state index in [4.69, 9.17) is 0 Å². The van der Waals surface area contributed by atoms with E-state index in [-0.39, 0.29) is 24.2 Å². The fourth-order valence-corrected chi connectivity index (χ4v) is 3.36. The van der Waals surface area contributed by atoms with Gasteiger partial charge in [0.15, 0.2) is 0 Å². The number of amides is 1. The van der Waals surface area contributed by atoms with Gasteiger partial charge >= 0.3 is 5.69 Å². The van der Waals surface area contributed by atoms with Gasteiger partial charge in [0.25, 0.3) is 0 Å². The summed E-state index contributed by atoms with van der Waals surface area (Å²) in [4.78, 5) is 25.3. The van der Waals surface area contributed by atoms with Gasteiger partial charge in [-0.05, 0) is 39.5 Å². The molecule has 1 saturated heterocycles. The molecule has 3 rings (SSSR count). The third-order valence-corrected chi connectivity index (χ3v) is 4.78. The van der Waals surface area contributed by atoms with Crippen molar-refractivity contribution in [2.45, 2.75) is 58.2 Å². The third-order valence-electron chi connectivity index (χ3n) is 4.78. The largest absolute Gasteiger partial charge is 0.352 e. The summed E-state index contributed by atoms with van der Waals surface area (Å²) in [5.74, 6) is -0.129. The molecule has 8 heteroatoms. The van der Waals surface area contributed by atoms with Crippen LogP contribution in [0.15, 0.2) is 0 Å². The van der Waals surface area contributed by atoms with Crippen LogP contribution < -0.4 is 5.32 Å². The molecule has 0 atom stereocenters. The van der Waals surface area contributed by atoms with Crippen LogP contribution >= 0.6 is 0 Å². The Hall–Kier alpha value is -1.96. The Morgan fingerprint density at radius 1 is 1.30 bits per heavy atom. The van der Waals surface area contributed by atoms with Gasteiger partial charge in [0, 0.05) is 25.2 Å². The minimum absolute atomic E-state index is 0.00413. The summed E-state index contributed by atoms with van der Waals surface area (Å²) in [5, 5.41) is 18.1. The lowest BCUT2D eigenvalue weighted by molar-refractivity contribution is -0.386.